The summed E-state index contributed by atoms with van der Waals surface area (Å²) >= 11 is 0. The van der Waals surface area contributed by atoms with E-state index in [1.165, 1.54) is 0 Å². The molecule has 0 heterocycles. The summed E-state index contributed by atoms with van der Waals surface area (Å²) in [5, 5.41) is 14.1. The minimum atomic E-state index is -1.15. The molecule has 0 radical (unpaired) electrons. The van der Waals surface area contributed by atoms with Crippen molar-refractivity contribution in [3.8, 4) is 0 Å². The Bertz CT molecular complexity index is 593. The summed E-state index contributed by atoms with van der Waals surface area (Å²) in [6.07, 6.45) is -0.671. The molecule has 5 N–H and O–H groups in total. The molecule has 3 amide bonds. The maximum atomic E-state index is 11.7. The van der Waals surface area contributed by atoms with E-state index in [2.05, 4.69) is 10.6 Å². The number of amides is 3. The summed E-state index contributed by atoms with van der Waals surface area (Å²) in [5.74, 6) is -1.15. The van der Waals surface area contributed by atoms with Gasteiger partial charge in [0.25, 0.3) is 0 Å². The predicted molar refractivity (Wildman–Crippen MR) is 87.4 cm³/mol. The fraction of sp³-hybridized carbons (Fsp3) is 0.438. The number of rotatable bonds is 6. The summed E-state index contributed by atoms with van der Waals surface area (Å²) in [5.41, 5.74) is 5.83. The normalized spacial score (nSPS) is 12.1. The van der Waals surface area contributed by atoms with Crippen LogP contribution in [0, 0.1) is 0 Å². The number of benzene rings is 1. The standard InChI is InChI=1S/C16H23N3O5/c1-16(2,3)24-15(23)19-12(13(20)21)8-10-4-6-11(7-5-10)9-18-14(17)22/h4-7,12H,8-9H2,1-3H3,(H,19,23)(H,20,21)(H3,17,18,22)/t12-/m1/s1. The molecule has 0 saturated carbocycles. The zero-order valence-corrected chi connectivity index (χ0v) is 14.0. The number of hydrogen-bond donors (Lipinski definition) is 4. The van der Waals surface area contributed by atoms with Crippen molar-refractivity contribution < 1.29 is 24.2 Å². The highest BCUT2D eigenvalue weighted by molar-refractivity contribution is 5.80. The molecule has 0 saturated heterocycles. The molecular formula is C16H23N3O5. The summed E-state index contributed by atoms with van der Waals surface area (Å²) in [6, 6.07) is 5.23. The van der Waals surface area contributed by atoms with E-state index in [4.69, 9.17) is 10.5 Å². The number of carbonyl (C=O) groups is 3. The van der Waals surface area contributed by atoms with E-state index in [0.717, 1.165) is 11.1 Å². The summed E-state index contributed by atoms with van der Waals surface area (Å²) < 4.78 is 5.06. The molecule has 1 rings (SSSR count). The number of carboxylic acid groups (broad SMARTS) is 1. The predicted octanol–water partition coefficient (Wildman–Crippen LogP) is 1.38. The molecule has 132 valence electrons. The van der Waals surface area contributed by atoms with Crippen molar-refractivity contribution in [1.29, 1.82) is 0 Å². The number of ether oxygens (including phenoxy) is 1. The van der Waals surface area contributed by atoms with Gasteiger partial charge in [-0.25, -0.2) is 14.4 Å². The van der Waals surface area contributed by atoms with Crippen molar-refractivity contribution in [3.05, 3.63) is 35.4 Å². The molecule has 1 atom stereocenters. The second-order valence-corrected chi connectivity index (χ2v) is 6.28. The number of carboxylic acids is 1. The Morgan fingerprint density at radius 1 is 1.17 bits per heavy atom. The van der Waals surface area contributed by atoms with Crippen molar-refractivity contribution in [2.75, 3.05) is 0 Å². The Labute approximate surface area is 140 Å². The van der Waals surface area contributed by atoms with Gasteiger partial charge in [-0.3, -0.25) is 0 Å². The minimum Gasteiger partial charge on any atom is -0.480 e. The molecule has 0 spiro atoms. The number of nitrogens with two attached hydrogens (primary N) is 1. The number of carbonyl (C=O) groups excluding carboxylic acids is 2. The van der Waals surface area contributed by atoms with Crippen LogP contribution in [0.25, 0.3) is 0 Å². The summed E-state index contributed by atoms with van der Waals surface area (Å²) in [6.45, 7) is 5.37. The van der Waals surface area contributed by atoms with Crippen molar-refractivity contribution in [1.82, 2.24) is 10.6 Å². The Morgan fingerprint density at radius 2 is 1.71 bits per heavy atom. The molecule has 0 aliphatic rings. The van der Waals surface area contributed by atoms with Crippen molar-refractivity contribution in [2.45, 2.75) is 45.4 Å². The van der Waals surface area contributed by atoms with Crippen molar-refractivity contribution in [2.24, 2.45) is 5.73 Å². The Balaban J connectivity index is 2.66. The van der Waals surface area contributed by atoms with Gasteiger partial charge in [-0.15, -0.1) is 0 Å². The number of hydrogen-bond acceptors (Lipinski definition) is 4. The third-order valence-corrected chi connectivity index (χ3v) is 2.92. The fourth-order valence-corrected chi connectivity index (χ4v) is 1.87. The van der Waals surface area contributed by atoms with Gasteiger partial charge in [0.2, 0.25) is 0 Å². The molecular weight excluding hydrogens is 314 g/mol. The second kappa shape index (κ2) is 8.19. The third-order valence-electron chi connectivity index (χ3n) is 2.92. The van der Waals surface area contributed by atoms with Gasteiger partial charge in [-0.05, 0) is 31.9 Å². The van der Waals surface area contributed by atoms with Crippen LogP contribution in [-0.4, -0.2) is 34.8 Å². The number of primary amides is 1. The zero-order valence-electron chi connectivity index (χ0n) is 14.0. The maximum absolute atomic E-state index is 11.7. The zero-order chi connectivity index (χ0) is 18.3. The lowest BCUT2D eigenvalue weighted by atomic mass is 10.0. The largest absolute Gasteiger partial charge is 0.480 e. The molecule has 1 aromatic carbocycles. The van der Waals surface area contributed by atoms with Crippen LogP contribution in [0.15, 0.2) is 24.3 Å². The van der Waals surface area contributed by atoms with E-state index in [9.17, 15) is 19.5 Å². The van der Waals surface area contributed by atoms with Crippen LogP contribution in [0.2, 0.25) is 0 Å². The number of urea groups is 1. The molecule has 1 aromatic rings. The summed E-state index contributed by atoms with van der Waals surface area (Å²) in [4.78, 5) is 33.7. The first-order chi connectivity index (χ1) is 11.1. The number of alkyl carbamates (subject to hydrolysis) is 1. The van der Waals surface area contributed by atoms with Crippen molar-refractivity contribution in [3.63, 3.8) is 0 Å². The fourth-order valence-electron chi connectivity index (χ4n) is 1.87. The van der Waals surface area contributed by atoms with Crippen LogP contribution < -0.4 is 16.4 Å². The van der Waals surface area contributed by atoms with Crippen LogP contribution in [0.1, 0.15) is 31.9 Å². The summed E-state index contributed by atoms with van der Waals surface area (Å²) in [7, 11) is 0. The lowest BCUT2D eigenvalue weighted by Crippen LogP contribution is -2.44. The van der Waals surface area contributed by atoms with Gasteiger partial charge in [0, 0.05) is 13.0 Å². The average Bonchev–Trinajstić information content (AvgIpc) is 2.43. The maximum Gasteiger partial charge on any atom is 0.408 e. The number of aliphatic carboxylic acids is 1. The first-order valence-corrected chi connectivity index (χ1v) is 7.40. The molecule has 0 aromatic heterocycles. The first kappa shape index (κ1) is 19.3. The van der Waals surface area contributed by atoms with Crippen LogP contribution in [0.4, 0.5) is 9.59 Å². The molecule has 24 heavy (non-hydrogen) atoms. The average molecular weight is 337 g/mol. The van der Waals surface area contributed by atoms with E-state index < -0.39 is 29.7 Å². The number of nitrogens with one attached hydrogen (secondary N) is 2. The molecule has 8 nitrogen and oxygen atoms in total. The van der Waals surface area contributed by atoms with Crippen LogP contribution in [0.5, 0.6) is 0 Å². The Morgan fingerprint density at radius 3 is 2.17 bits per heavy atom. The van der Waals surface area contributed by atoms with Gasteiger partial charge in [0.1, 0.15) is 11.6 Å². The van der Waals surface area contributed by atoms with Gasteiger partial charge < -0.3 is 26.2 Å². The molecule has 8 heteroatoms. The molecule has 0 aliphatic carbocycles. The van der Waals surface area contributed by atoms with E-state index in [1.807, 2.05) is 0 Å². The van der Waals surface area contributed by atoms with E-state index in [-0.39, 0.29) is 13.0 Å². The van der Waals surface area contributed by atoms with E-state index in [1.54, 1.807) is 45.0 Å². The molecule has 0 aliphatic heterocycles. The quantitative estimate of drug-likeness (QED) is 0.623. The molecule has 0 bridgehead atoms. The Hall–Kier alpha value is -2.77. The van der Waals surface area contributed by atoms with Gasteiger partial charge in [0.15, 0.2) is 0 Å². The van der Waals surface area contributed by atoms with E-state index in [0.29, 0.717) is 0 Å². The molecule has 0 fully saturated rings. The van der Waals surface area contributed by atoms with Crippen molar-refractivity contribution >= 4 is 18.1 Å². The van der Waals surface area contributed by atoms with Crippen LogP contribution in [-0.2, 0) is 22.5 Å². The highest BCUT2D eigenvalue weighted by Crippen LogP contribution is 2.10. The first-order valence-electron chi connectivity index (χ1n) is 7.40. The second-order valence-electron chi connectivity index (χ2n) is 6.28. The highest BCUT2D eigenvalue weighted by Gasteiger charge is 2.24. The Kier molecular flexibility index (Phi) is 6.58. The third kappa shape index (κ3) is 7.48. The van der Waals surface area contributed by atoms with E-state index >= 15 is 0 Å². The lowest BCUT2D eigenvalue weighted by Gasteiger charge is -2.22. The highest BCUT2D eigenvalue weighted by atomic mass is 16.6. The van der Waals surface area contributed by atoms with Crippen LogP contribution in [0.3, 0.4) is 0 Å². The smallest absolute Gasteiger partial charge is 0.408 e. The van der Waals surface area contributed by atoms with Gasteiger partial charge in [0.05, 0.1) is 0 Å². The SMILES string of the molecule is CC(C)(C)OC(=O)N[C@H](Cc1ccc(CNC(N)=O)cc1)C(=O)O. The lowest BCUT2D eigenvalue weighted by molar-refractivity contribution is -0.139. The van der Waals surface area contributed by atoms with Crippen LogP contribution >= 0.6 is 0 Å². The monoisotopic (exact) mass is 337 g/mol. The molecule has 0 unspecified atom stereocenters. The minimum absolute atomic E-state index is 0.109. The van der Waals surface area contributed by atoms with Gasteiger partial charge in [-0.1, -0.05) is 24.3 Å². The van der Waals surface area contributed by atoms with Gasteiger partial charge >= 0.3 is 18.1 Å². The topological polar surface area (TPSA) is 131 Å². The van der Waals surface area contributed by atoms with Gasteiger partial charge in [-0.2, -0.15) is 0 Å².